The molecule has 4 N–H and O–H groups in total. The molecule has 0 radical (unpaired) electrons. The van der Waals surface area contributed by atoms with Gasteiger partial charge in [-0.05, 0) is 24.3 Å². The van der Waals surface area contributed by atoms with Crippen LogP contribution in [0.1, 0.15) is 0 Å². The molecule has 2 unspecified atom stereocenters. The molecule has 6 nitrogen and oxygen atoms in total. The Bertz CT molecular complexity index is 431. The van der Waals surface area contributed by atoms with E-state index in [1.54, 1.807) is 0 Å². The van der Waals surface area contributed by atoms with Gasteiger partial charge in [-0.2, -0.15) is 0 Å². The summed E-state index contributed by atoms with van der Waals surface area (Å²) >= 11 is 0. The van der Waals surface area contributed by atoms with Crippen molar-refractivity contribution in [1.82, 2.24) is 0 Å². The van der Waals surface area contributed by atoms with Gasteiger partial charge in [0.25, 0.3) is 0 Å². The Balaban J connectivity index is 0.000000324. The Labute approximate surface area is 123 Å². The third-order valence-electron chi connectivity index (χ3n) is 2.15. The molecule has 0 saturated heterocycles. The van der Waals surface area contributed by atoms with Gasteiger partial charge in [-0.1, -0.05) is 12.2 Å². The fourth-order valence-electron chi connectivity index (χ4n) is 1.14. The van der Waals surface area contributed by atoms with E-state index in [1.807, 2.05) is 0 Å². The number of carbonyl (C=O) groups excluding carboxylic acids is 2. The molecule has 2 aliphatic carbocycles. The van der Waals surface area contributed by atoms with Gasteiger partial charge in [-0.25, -0.2) is 0 Å². The first-order valence-electron chi connectivity index (χ1n) is 5.01. The first kappa shape index (κ1) is 17.5. The van der Waals surface area contributed by atoms with Crippen LogP contribution in [0.2, 0.25) is 0 Å². The summed E-state index contributed by atoms with van der Waals surface area (Å²) in [6.45, 7) is 0. The van der Waals surface area contributed by atoms with Crippen molar-refractivity contribution >= 4 is 11.6 Å². The van der Waals surface area contributed by atoms with E-state index >= 15 is 0 Å². The van der Waals surface area contributed by atoms with Crippen LogP contribution in [0.5, 0.6) is 0 Å². The molecule has 0 fully saturated rings. The Hall–Kier alpha value is -1.49. The minimum Gasteiger partial charge on any atom is -0.509 e. The molecule has 0 heterocycles. The summed E-state index contributed by atoms with van der Waals surface area (Å²) in [5.74, 6) is -1.53. The standard InChI is InChI=1S/2C6H6O3.Mo/c2*7-4-2-1-3-5(8)6(4)9;/h2*1-3,6-7,9H;. The smallest absolute Gasteiger partial charge is 0.191 e. The van der Waals surface area contributed by atoms with Crippen molar-refractivity contribution in [1.29, 1.82) is 0 Å². The van der Waals surface area contributed by atoms with Gasteiger partial charge in [0.1, 0.15) is 11.5 Å². The fraction of sp³-hybridized carbons (Fsp3) is 0.167. The zero-order valence-corrected chi connectivity index (χ0v) is 11.6. The number of rotatable bonds is 0. The molecule has 102 valence electrons. The summed E-state index contributed by atoms with van der Waals surface area (Å²) in [5.41, 5.74) is 0. The van der Waals surface area contributed by atoms with E-state index in [-0.39, 0.29) is 32.6 Å². The SMILES string of the molecule is O=C1C=CC=C(O)C1O.O=C1C=CC=C(O)C1O.[Mo]. The van der Waals surface area contributed by atoms with E-state index in [1.165, 1.54) is 36.5 Å². The summed E-state index contributed by atoms with van der Waals surface area (Å²) in [6.07, 6.45) is 5.10. The molecule has 0 aliphatic heterocycles. The predicted molar refractivity (Wildman–Crippen MR) is 61.7 cm³/mol. The Kier molecular flexibility index (Phi) is 7.22. The van der Waals surface area contributed by atoms with Gasteiger partial charge in [0.15, 0.2) is 23.8 Å². The molecule has 0 saturated carbocycles. The molecule has 0 bridgehead atoms. The van der Waals surface area contributed by atoms with Crippen LogP contribution in [0.15, 0.2) is 48.0 Å². The van der Waals surface area contributed by atoms with Crippen molar-refractivity contribution in [3.8, 4) is 0 Å². The van der Waals surface area contributed by atoms with Crippen molar-refractivity contribution in [2.45, 2.75) is 12.2 Å². The summed E-state index contributed by atoms with van der Waals surface area (Å²) < 4.78 is 0. The number of hydrogen-bond acceptors (Lipinski definition) is 6. The van der Waals surface area contributed by atoms with Crippen molar-refractivity contribution < 1.29 is 51.1 Å². The summed E-state index contributed by atoms with van der Waals surface area (Å²) in [4.78, 5) is 20.9. The number of allylic oxidation sites excluding steroid dienone is 4. The third kappa shape index (κ3) is 4.95. The second-order valence-electron chi connectivity index (χ2n) is 3.51. The topological polar surface area (TPSA) is 115 Å². The summed E-state index contributed by atoms with van der Waals surface area (Å²) in [7, 11) is 0. The number of ketones is 2. The van der Waals surface area contributed by atoms with Gasteiger partial charge < -0.3 is 20.4 Å². The Morgan fingerprint density at radius 2 is 1.11 bits per heavy atom. The van der Waals surface area contributed by atoms with Crippen LogP contribution < -0.4 is 0 Å². The average Bonchev–Trinajstić information content (AvgIpc) is 2.34. The van der Waals surface area contributed by atoms with Crippen LogP contribution in [0.25, 0.3) is 0 Å². The van der Waals surface area contributed by atoms with Crippen LogP contribution >= 0.6 is 0 Å². The van der Waals surface area contributed by atoms with Gasteiger partial charge in [0.05, 0.1) is 0 Å². The maximum Gasteiger partial charge on any atom is 0.191 e. The number of carbonyl (C=O) groups is 2. The van der Waals surface area contributed by atoms with Crippen LogP contribution in [0.3, 0.4) is 0 Å². The van der Waals surface area contributed by atoms with E-state index in [4.69, 9.17) is 20.4 Å². The molecule has 0 spiro atoms. The van der Waals surface area contributed by atoms with Gasteiger partial charge >= 0.3 is 0 Å². The van der Waals surface area contributed by atoms with Gasteiger partial charge in [-0.15, -0.1) is 0 Å². The minimum atomic E-state index is -1.34. The first-order valence-corrected chi connectivity index (χ1v) is 5.01. The summed E-state index contributed by atoms with van der Waals surface area (Å²) in [5, 5.41) is 34.8. The van der Waals surface area contributed by atoms with Crippen molar-refractivity contribution in [3.63, 3.8) is 0 Å². The van der Waals surface area contributed by atoms with Gasteiger partial charge in [-0.3, -0.25) is 9.59 Å². The number of hydrogen-bond donors (Lipinski definition) is 4. The molecular formula is C12H12MoO6. The zero-order chi connectivity index (χ0) is 13.7. The average molecular weight is 348 g/mol. The van der Waals surface area contributed by atoms with Crippen LogP contribution in [0.4, 0.5) is 0 Å². The zero-order valence-electron chi connectivity index (χ0n) is 9.63. The van der Waals surface area contributed by atoms with Crippen molar-refractivity contribution in [2.75, 3.05) is 0 Å². The van der Waals surface area contributed by atoms with Gasteiger partial charge in [0, 0.05) is 21.1 Å². The molecule has 2 aliphatic rings. The maximum atomic E-state index is 10.5. The van der Waals surface area contributed by atoms with Crippen LogP contribution in [-0.4, -0.2) is 44.2 Å². The van der Waals surface area contributed by atoms with E-state index in [9.17, 15) is 9.59 Å². The van der Waals surface area contributed by atoms with Crippen molar-refractivity contribution in [2.24, 2.45) is 0 Å². The molecule has 0 aromatic heterocycles. The Morgan fingerprint density at radius 1 is 0.789 bits per heavy atom. The molecule has 2 atom stereocenters. The quantitative estimate of drug-likeness (QED) is 0.453. The summed E-state index contributed by atoms with van der Waals surface area (Å²) in [6, 6.07) is 0. The number of aliphatic hydroxyl groups excluding tert-OH is 4. The second-order valence-corrected chi connectivity index (χ2v) is 3.51. The predicted octanol–water partition coefficient (Wildman–Crippen LogP) is -0.146. The largest absolute Gasteiger partial charge is 0.509 e. The molecule has 0 aromatic rings. The van der Waals surface area contributed by atoms with Crippen molar-refractivity contribution in [3.05, 3.63) is 48.0 Å². The van der Waals surface area contributed by atoms with E-state index in [0.717, 1.165) is 0 Å². The molecule has 7 heteroatoms. The van der Waals surface area contributed by atoms with Gasteiger partial charge in [0.2, 0.25) is 0 Å². The molecule has 19 heavy (non-hydrogen) atoms. The third-order valence-corrected chi connectivity index (χ3v) is 2.15. The van der Waals surface area contributed by atoms with E-state index in [0.29, 0.717) is 0 Å². The minimum absolute atomic E-state index is 0. The fourth-order valence-corrected chi connectivity index (χ4v) is 1.14. The molecule has 0 aromatic carbocycles. The molecule has 0 amide bonds. The second kappa shape index (κ2) is 7.84. The van der Waals surface area contributed by atoms with Crippen LogP contribution in [0, 0.1) is 0 Å². The molecule has 2 rings (SSSR count). The van der Waals surface area contributed by atoms with Crippen LogP contribution in [-0.2, 0) is 30.7 Å². The molecular weight excluding hydrogens is 336 g/mol. The maximum absolute atomic E-state index is 10.5. The monoisotopic (exact) mass is 350 g/mol. The normalized spacial score (nSPS) is 24.7. The first-order chi connectivity index (χ1) is 8.43. The van der Waals surface area contributed by atoms with E-state index < -0.39 is 23.8 Å². The number of aliphatic hydroxyl groups is 4. The Morgan fingerprint density at radius 3 is 1.32 bits per heavy atom. The van der Waals surface area contributed by atoms with E-state index in [2.05, 4.69) is 0 Å².